The van der Waals surface area contributed by atoms with Gasteiger partial charge in [0.05, 0.1) is 0 Å². The van der Waals surface area contributed by atoms with E-state index in [1.165, 1.54) is 32.1 Å². The van der Waals surface area contributed by atoms with E-state index in [1.54, 1.807) is 11.1 Å². The Balaban J connectivity index is 1.75. The molecule has 0 spiro atoms. The van der Waals surface area contributed by atoms with Crippen molar-refractivity contribution >= 4 is 0 Å². The van der Waals surface area contributed by atoms with E-state index in [-0.39, 0.29) is 0 Å². The van der Waals surface area contributed by atoms with Crippen molar-refractivity contribution in [2.24, 2.45) is 11.8 Å². The molecule has 1 heteroatoms. The lowest BCUT2D eigenvalue weighted by atomic mass is 9.92. The Morgan fingerprint density at radius 1 is 1.33 bits per heavy atom. The molecule has 4 atom stereocenters. The van der Waals surface area contributed by atoms with E-state index in [1.807, 2.05) is 0 Å². The molecule has 1 fully saturated rings. The monoisotopic (exact) mass is 243 g/mol. The van der Waals surface area contributed by atoms with E-state index in [0.29, 0.717) is 0 Å². The zero-order chi connectivity index (χ0) is 12.5. The lowest BCUT2D eigenvalue weighted by molar-refractivity contribution is 0.426. The molecule has 3 rings (SSSR count). The molecule has 0 radical (unpaired) electrons. The number of nitrogens with one attached hydrogen (secondary N) is 1. The van der Waals surface area contributed by atoms with Crippen LogP contribution in [0.2, 0.25) is 0 Å². The van der Waals surface area contributed by atoms with Crippen LogP contribution in [-0.4, -0.2) is 13.1 Å². The fourth-order valence-corrected chi connectivity index (χ4v) is 4.12. The lowest BCUT2D eigenvalue weighted by Crippen LogP contribution is -2.28. The van der Waals surface area contributed by atoms with Gasteiger partial charge in [-0.15, -0.1) is 0 Å². The Labute approximate surface area is 111 Å². The summed E-state index contributed by atoms with van der Waals surface area (Å²) in [5, 5.41) is 3.59. The van der Waals surface area contributed by atoms with Gasteiger partial charge in [-0.2, -0.15) is 0 Å². The van der Waals surface area contributed by atoms with Crippen molar-refractivity contribution in [1.82, 2.24) is 5.32 Å². The molecule has 18 heavy (non-hydrogen) atoms. The van der Waals surface area contributed by atoms with Gasteiger partial charge < -0.3 is 5.32 Å². The van der Waals surface area contributed by atoms with E-state index in [0.717, 1.165) is 23.8 Å². The predicted molar refractivity (Wildman–Crippen MR) is 76.9 cm³/mol. The number of hydrogen-bond acceptors (Lipinski definition) is 1. The third kappa shape index (κ3) is 1.99. The minimum atomic E-state index is 0.742. The van der Waals surface area contributed by atoms with E-state index >= 15 is 0 Å². The van der Waals surface area contributed by atoms with E-state index in [2.05, 4.69) is 43.6 Å². The van der Waals surface area contributed by atoms with Gasteiger partial charge >= 0.3 is 0 Å². The normalized spacial score (nSPS) is 30.4. The second kappa shape index (κ2) is 5.05. The fourth-order valence-electron chi connectivity index (χ4n) is 4.12. The summed E-state index contributed by atoms with van der Waals surface area (Å²) in [6.07, 6.45) is 6.75. The van der Waals surface area contributed by atoms with Crippen LogP contribution >= 0.6 is 0 Å². The molecule has 0 bridgehead atoms. The van der Waals surface area contributed by atoms with Crippen LogP contribution in [0.5, 0.6) is 0 Å². The maximum absolute atomic E-state index is 3.59. The second-order valence-corrected chi connectivity index (χ2v) is 6.04. The molecule has 1 aromatic rings. The van der Waals surface area contributed by atoms with Crippen LogP contribution in [0.3, 0.4) is 0 Å². The molecular formula is C17H25N. The van der Waals surface area contributed by atoms with Crippen molar-refractivity contribution in [3.05, 3.63) is 35.4 Å². The standard InChI is InChI=1S/C17H25N/c1-3-4-9-15(18-2)17-14-11-10-12-7-5-6-8-13(12)16(14)17/h5-8,14-18H,3-4,9-11H2,1-2H3. The Morgan fingerprint density at radius 3 is 2.94 bits per heavy atom. The van der Waals surface area contributed by atoms with Crippen molar-refractivity contribution in [1.29, 1.82) is 0 Å². The SMILES string of the molecule is CCCCC(NC)C1C2CCc3ccccc3C21. The van der Waals surface area contributed by atoms with Gasteiger partial charge in [-0.05, 0) is 55.2 Å². The minimum absolute atomic E-state index is 0.742. The Hall–Kier alpha value is -0.820. The third-order valence-electron chi connectivity index (χ3n) is 5.09. The first kappa shape index (κ1) is 12.2. The summed E-state index contributed by atoms with van der Waals surface area (Å²) < 4.78 is 0. The van der Waals surface area contributed by atoms with Gasteiger partial charge in [0, 0.05) is 6.04 Å². The Morgan fingerprint density at radius 2 is 2.17 bits per heavy atom. The number of benzene rings is 1. The first-order valence-electron chi connectivity index (χ1n) is 7.62. The Bertz CT molecular complexity index is 412. The van der Waals surface area contributed by atoms with Crippen LogP contribution in [0.1, 0.15) is 49.7 Å². The summed E-state index contributed by atoms with van der Waals surface area (Å²) in [4.78, 5) is 0. The van der Waals surface area contributed by atoms with Crippen LogP contribution in [0, 0.1) is 11.8 Å². The molecule has 2 aliphatic carbocycles. The summed E-state index contributed by atoms with van der Waals surface area (Å²) in [5.41, 5.74) is 3.28. The van der Waals surface area contributed by atoms with E-state index < -0.39 is 0 Å². The summed E-state index contributed by atoms with van der Waals surface area (Å²) in [6, 6.07) is 9.87. The van der Waals surface area contributed by atoms with Crippen LogP contribution < -0.4 is 5.32 Å². The van der Waals surface area contributed by atoms with Crippen molar-refractivity contribution in [2.45, 2.75) is 51.0 Å². The molecule has 2 aliphatic rings. The van der Waals surface area contributed by atoms with Gasteiger partial charge in [0.1, 0.15) is 0 Å². The first-order valence-corrected chi connectivity index (χ1v) is 7.62. The van der Waals surface area contributed by atoms with E-state index in [4.69, 9.17) is 0 Å². The Kier molecular flexibility index (Phi) is 3.43. The highest BCUT2D eigenvalue weighted by molar-refractivity contribution is 5.40. The number of unbranched alkanes of at least 4 members (excludes halogenated alkanes) is 1. The van der Waals surface area contributed by atoms with Crippen molar-refractivity contribution in [3.8, 4) is 0 Å². The summed E-state index contributed by atoms with van der Waals surface area (Å²) in [7, 11) is 2.15. The molecule has 0 aromatic heterocycles. The van der Waals surface area contributed by atoms with Crippen LogP contribution in [0.25, 0.3) is 0 Å². The molecule has 0 heterocycles. The maximum Gasteiger partial charge on any atom is 0.0101 e. The second-order valence-electron chi connectivity index (χ2n) is 6.04. The molecular weight excluding hydrogens is 218 g/mol. The highest BCUT2D eigenvalue weighted by Gasteiger charge is 2.55. The van der Waals surface area contributed by atoms with Crippen LogP contribution in [0.4, 0.5) is 0 Å². The van der Waals surface area contributed by atoms with Crippen molar-refractivity contribution in [2.75, 3.05) is 7.05 Å². The largest absolute Gasteiger partial charge is 0.317 e. The predicted octanol–water partition coefficient (Wildman–Crippen LogP) is 3.74. The summed E-state index contributed by atoms with van der Waals surface area (Å²) in [6.45, 7) is 2.29. The fraction of sp³-hybridized carbons (Fsp3) is 0.647. The smallest absolute Gasteiger partial charge is 0.0101 e. The molecule has 1 N–H and O–H groups in total. The molecule has 1 nitrogen and oxygen atoms in total. The maximum atomic E-state index is 3.59. The minimum Gasteiger partial charge on any atom is -0.317 e. The zero-order valence-corrected chi connectivity index (χ0v) is 11.7. The average Bonchev–Trinajstić information content (AvgIpc) is 3.15. The van der Waals surface area contributed by atoms with Crippen molar-refractivity contribution < 1.29 is 0 Å². The lowest BCUT2D eigenvalue weighted by Gasteiger charge is -2.16. The molecule has 0 aliphatic heterocycles. The number of aryl methyl sites for hydroxylation is 1. The number of fused-ring (bicyclic) bond motifs is 3. The topological polar surface area (TPSA) is 12.0 Å². The van der Waals surface area contributed by atoms with Gasteiger partial charge in [-0.25, -0.2) is 0 Å². The highest BCUT2D eigenvalue weighted by atomic mass is 14.9. The van der Waals surface area contributed by atoms with Crippen molar-refractivity contribution in [3.63, 3.8) is 0 Å². The van der Waals surface area contributed by atoms with Crippen LogP contribution in [0.15, 0.2) is 24.3 Å². The van der Waals surface area contributed by atoms with Gasteiger partial charge in [0.25, 0.3) is 0 Å². The molecule has 0 saturated heterocycles. The summed E-state index contributed by atoms with van der Waals surface area (Å²) >= 11 is 0. The first-order chi connectivity index (χ1) is 8.86. The average molecular weight is 243 g/mol. The van der Waals surface area contributed by atoms with Gasteiger partial charge in [0.2, 0.25) is 0 Å². The van der Waals surface area contributed by atoms with Crippen LogP contribution in [-0.2, 0) is 6.42 Å². The number of hydrogen-bond donors (Lipinski definition) is 1. The van der Waals surface area contributed by atoms with Gasteiger partial charge in [0.15, 0.2) is 0 Å². The molecule has 1 aromatic carbocycles. The zero-order valence-electron chi connectivity index (χ0n) is 11.7. The highest BCUT2D eigenvalue weighted by Crippen LogP contribution is 2.61. The molecule has 4 unspecified atom stereocenters. The number of rotatable bonds is 5. The third-order valence-corrected chi connectivity index (χ3v) is 5.09. The molecule has 1 saturated carbocycles. The van der Waals surface area contributed by atoms with E-state index in [9.17, 15) is 0 Å². The quantitative estimate of drug-likeness (QED) is 0.830. The summed E-state index contributed by atoms with van der Waals surface area (Å²) in [5.74, 6) is 2.74. The van der Waals surface area contributed by atoms with Gasteiger partial charge in [-0.1, -0.05) is 44.0 Å². The molecule has 98 valence electrons. The van der Waals surface area contributed by atoms with Gasteiger partial charge in [-0.3, -0.25) is 0 Å². The molecule has 0 amide bonds.